The van der Waals surface area contributed by atoms with E-state index in [4.69, 9.17) is 0 Å². The van der Waals surface area contributed by atoms with Gasteiger partial charge in [0.2, 0.25) is 0 Å². The van der Waals surface area contributed by atoms with Crippen molar-refractivity contribution in [2.45, 2.75) is 19.4 Å². The van der Waals surface area contributed by atoms with Gasteiger partial charge in [-0.25, -0.2) is 14.8 Å². The maximum Gasteiger partial charge on any atom is 0.339 e. The number of pyridine rings is 1. The molecule has 0 atom stereocenters. The van der Waals surface area contributed by atoms with Crippen LogP contribution in [-0.2, 0) is 5.54 Å². The van der Waals surface area contributed by atoms with Crippen LogP contribution in [0.4, 0.5) is 5.82 Å². The minimum absolute atomic E-state index is 0.124. The standard InChI is InChI=1S/C12H12BrN3O2S/c1-12(2,11-14-3-4-19-11)16-9-8(10(17)18)5-7(13)6-15-9/h3-6H,1-2H3,(H,15,16)(H,17,18). The first-order valence-electron chi connectivity index (χ1n) is 5.47. The van der Waals surface area contributed by atoms with E-state index >= 15 is 0 Å². The smallest absolute Gasteiger partial charge is 0.339 e. The van der Waals surface area contributed by atoms with Gasteiger partial charge in [0.05, 0.1) is 5.54 Å². The lowest BCUT2D eigenvalue weighted by Gasteiger charge is -2.25. The molecule has 2 aromatic heterocycles. The van der Waals surface area contributed by atoms with E-state index in [2.05, 4.69) is 31.2 Å². The molecule has 0 spiro atoms. The molecule has 0 saturated carbocycles. The number of nitrogens with one attached hydrogen (secondary N) is 1. The van der Waals surface area contributed by atoms with E-state index in [9.17, 15) is 9.90 Å². The van der Waals surface area contributed by atoms with Gasteiger partial charge in [0.25, 0.3) is 0 Å². The number of carboxylic acids is 1. The summed E-state index contributed by atoms with van der Waals surface area (Å²) in [6.45, 7) is 3.86. The molecule has 19 heavy (non-hydrogen) atoms. The number of carboxylic acid groups (broad SMARTS) is 1. The average Bonchev–Trinajstić information content (AvgIpc) is 2.85. The summed E-state index contributed by atoms with van der Waals surface area (Å²) in [5, 5.41) is 15.1. The number of thiazole rings is 1. The summed E-state index contributed by atoms with van der Waals surface area (Å²) < 4.78 is 0.627. The van der Waals surface area contributed by atoms with E-state index < -0.39 is 11.5 Å². The van der Waals surface area contributed by atoms with Gasteiger partial charge in [-0.05, 0) is 35.8 Å². The number of anilines is 1. The summed E-state index contributed by atoms with van der Waals surface area (Å²) in [6, 6.07) is 1.52. The third-order valence-electron chi connectivity index (χ3n) is 2.48. The van der Waals surface area contributed by atoms with Gasteiger partial charge in [-0.2, -0.15) is 0 Å². The molecule has 2 rings (SSSR count). The number of aromatic carboxylic acids is 1. The van der Waals surface area contributed by atoms with Crippen molar-refractivity contribution in [3.8, 4) is 0 Å². The molecule has 0 aliphatic heterocycles. The molecule has 0 amide bonds. The van der Waals surface area contributed by atoms with Crippen LogP contribution < -0.4 is 5.32 Å². The molecule has 0 fully saturated rings. The van der Waals surface area contributed by atoms with Crippen molar-refractivity contribution in [3.05, 3.63) is 38.9 Å². The predicted octanol–water partition coefficient (Wildman–Crippen LogP) is 3.35. The van der Waals surface area contributed by atoms with Gasteiger partial charge in [0.1, 0.15) is 16.4 Å². The Kier molecular flexibility index (Phi) is 3.86. The lowest BCUT2D eigenvalue weighted by molar-refractivity contribution is 0.0697. The first kappa shape index (κ1) is 14.0. The molecule has 0 aliphatic carbocycles. The van der Waals surface area contributed by atoms with Gasteiger partial charge in [-0.3, -0.25) is 0 Å². The summed E-state index contributed by atoms with van der Waals surface area (Å²) >= 11 is 4.73. The molecular weight excluding hydrogens is 330 g/mol. The zero-order valence-corrected chi connectivity index (χ0v) is 12.7. The maximum absolute atomic E-state index is 11.2. The Labute approximate surface area is 122 Å². The number of rotatable bonds is 4. The highest BCUT2D eigenvalue weighted by Gasteiger charge is 2.26. The van der Waals surface area contributed by atoms with Crippen LogP contribution in [-0.4, -0.2) is 21.0 Å². The number of hydrogen-bond acceptors (Lipinski definition) is 5. The lowest BCUT2D eigenvalue weighted by atomic mass is 10.1. The van der Waals surface area contributed by atoms with E-state index in [0.717, 1.165) is 5.01 Å². The van der Waals surface area contributed by atoms with Gasteiger partial charge in [-0.15, -0.1) is 11.3 Å². The Balaban J connectivity index is 2.36. The van der Waals surface area contributed by atoms with Gasteiger partial charge in [0, 0.05) is 22.2 Å². The lowest BCUT2D eigenvalue weighted by Crippen LogP contribution is -2.29. The summed E-state index contributed by atoms with van der Waals surface area (Å²) in [6.07, 6.45) is 3.28. The van der Waals surface area contributed by atoms with Crippen LogP contribution in [0.25, 0.3) is 0 Å². The maximum atomic E-state index is 11.2. The number of aromatic nitrogens is 2. The number of hydrogen-bond donors (Lipinski definition) is 2. The molecule has 2 heterocycles. The largest absolute Gasteiger partial charge is 0.478 e. The SMILES string of the molecule is CC(C)(Nc1ncc(Br)cc1C(=O)O)c1nccs1. The van der Waals surface area contributed by atoms with Gasteiger partial charge in [0.15, 0.2) is 0 Å². The molecule has 2 aromatic rings. The quantitative estimate of drug-likeness (QED) is 0.891. The normalized spacial score (nSPS) is 11.3. The molecule has 0 radical (unpaired) electrons. The third-order valence-corrected chi connectivity index (χ3v) is 4.01. The van der Waals surface area contributed by atoms with E-state index in [1.54, 1.807) is 12.4 Å². The Morgan fingerprint density at radius 1 is 1.47 bits per heavy atom. The summed E-state index contributed by atoms with van der Waals surface area (Å²) in [5.41, 5.74) is -0.363. The van der Waals surface area contributed by atoms with Crippen molar-refractivity contribution >= 4 is 39.1 Å². The Bertz CT molecular complexity index is 599. The Morgan fingerprint density at radius 2 is 2.21 bits per heavy atom. The molecule has 0 saturated heterocycles. The highest BCUT2D eigenvalue weighted by Crippen LogP contribution is 2.28. The van der Waals surface area contributed by atoms with Crippen molar-refractivity contribution in [1.82, 2.24) is 9.97 Å². The van der Waals surface area contributed by atoms with Crippen LogP contribution in [0, 0.1) is 0 Å². The predicted molar refractivity (Wildman–Crippen MR) is 77.7 cm³/mol. The molecule has 0 aromatic carbocycles. The second kappa shape index (κ2) is 5.26. The number of nitrogens with zero attached hydrogens (tertiary/aromatic N) is 2. The van der Waals surface area contributed by atoms with Gasteiger partial charge >= 0.3 is 5.97 Å². The first-order valence-corrected chi connectivity index (χ1v) is 7.14. The molecule has 0 unspecified atom stereocenters. The van der Waals surface area contributed by atoms with Crippen LogP contribution in [0.3, 0.4) is 0 Å². The molecular formula is C12H12BrN3O2S. The first-order chi connectivity index (χ1) is 8.90. The van der Waals surface area contributed by atoms with Crippen molar-refractivity contribution in [1.29, 1.82) is 0 Å². The topological polar surface area (TPSA) is 75.1 Å². The molecule has 0 bridgehead atoms. The van der Waals surface area contributed by atoms with Crippen LogP contribution in [0.1, 0.15) is 29.2 Å². The Morgan fingerprint density at radius 3 is 2.79 bits per heavy atom. The molecule has 5 nitrogen and oxygen atoms in total. The fourth-order valence-corrected chi connectivity index (χ4v) is 2.63. The monoisotopic (exact) mass is 341 g/mol. The minimum Gasteiger partial charge on any atom is -0.478 e. The van der Waals surface area contributed by atoms with Gasteiger partial charge < -0.3 is 10.4 Å². The third kappa shape index (κ3) is 3.10. The average molecular weight is 342 g/mol. The zero-order valence-electron chi connectivity index (χ0n) is 10.3. The van der Waals surface area contributed by atoms with Crippen molar-refractivity contribution < 1.29 is 9.90 Å². The fourth-order valence-electron chi connectivity index (χ4n) is 1.58. The van der Waals surface area contributed by atoms with Crippen molar-refractivity contribution in [2.24, 2.45) is 0 Å². The zero-order chi connectivity index (χ0) is 14.0. The summed E-state index contributed by atoms with van der Waals surface area (Å²) in [5.74, 6) is -0.692. The molecule has 7 heteroatoms. The van der Waals surface area contributed by atoms with Crippen molar-refractivity contribution in [3.63, 3.8) is 0 Å². The van der Waals surface area contributed by atoms with E-state index in [1.165, 1.54) is 17.4 Å². The fraction of sp³-hybridized carbons (Fsp3) is 0.250. The Hall–Kier alpha value is -1.47. The second-order valence-electron chi connectivity index (χ2n) is 4.44. The van der Waals surface area contributed by atoms with Crippen LogP contribution >= 0.6 is 27.3 Å². The highest BCUT2D eigenvalue weighted by molar-refractivity contribution is 9.10. The molecule has 2 N–H and O–H groups in total. The van der Waals surface area contributed by atoms with E-state index in [0.29, 0.717) is 10.3 Å². The molecule has 0 aliphatic rings. The number of halogens is 1. The minimum atomic E-state index is -1.02. The molecule has 100 valence electrons. The second-order valence-corrected chi connectivity index (χ2v) is 6.25. The van der Waals surface area contributed by atoms with Crippen LogP contribution in [0.5, 0.6) is 0 Å². The van der Waals surface area contributed by atoms with Crippen molar-refractivity contribution in [2.75, 3.05) is 5.32 Å². The highest BCUT2D eigenvalue weighted by atomic mass is 79.9. The van der Waals surface area contributed by atoms with Crippen LogP contribution in [0.15, 0.2) is 28.3 Å². The van der Waals surface area contributed by atoms with Crippen LogP contribution in [0.2, 0.25) is 0 Å². The number of carbonyl (C=O) groups is 1. The van der Waals surface area contributed by atoms with Gasteiger partial charge in [-0.1, -0.05) is 0 Å². The van der Waals surface area contributed by atoms with E-state index in [1.807, 2.05) is 19.2 Å². The summed E-state index contributed by atoms with van der Waals surface area (Å²) in [7, 11) is 0. The summed E-state index contributed by atoms with van der Waals surface area (Å²) in [4.78, 5) is 19.6. The van der Waals surface area contributed by atoms with E-state index in [-0.39, 0.29) is 5.56 Å².